The highest BCUT2D eigenvalue weighted by Crippen LogP contribution is 2.39. The van der Waals surface area contributed by atoms with Gasteiger partial charge in [-0.1, -0.05) is 251 Å². The minimum atomic E-state index is -1.36. The molecular weight excluding hydrogens is 1120 g/mol. The van der Waals surface area contributed by atoms with Gasteiger partial charge in [0, 0.05) is 6.61 Å². The average Bonchev–Trinajstić information content (AvgIpc) is 2.14. The summed E-state index contributed by atoms with van der Waals surface area (Å²) in [6, 6.07) is 69.8. The number of hydrogen-bond acceptors (Lipinski definition) is 14. The molecule has 14 heteroatoms. The van der Waals surface area contributed by atoms with E-state index in [0.29, 0.717) is 13.2 Å². The molecule has 0 unspecified atom stereocenters. The van der Waals surface area contributed by atoms with Crippen LogP contribution in [0.2, 0.25) is 0 Å². The Hall–Kier alpha value is -6.02. The van der Waals surface area contributed by atoms with Crippen LogP contribution in [0.15, 0.2) is 212 Å². The average molecular weight is 1220 g/mol. The van der Waals surface area contributed by atoms with Crippen LogP contribution in [0.4, 0.5) is 0 Å². The molecule has 0 bridgehead atoms. The minimum Gasteiger partial charge on any atom is -0.385 e. The molecule has 14 nitrogen and oxygen atoms in total. The molecule has 15 atom stereocenters. The van der Waals surface area contributed by atoms with Crippen LogP contribution < -0.4 is 0 Å². The third-order valence-corrected chi connectivity index (χ3v) is 16.5. The molecule has 0 spiro atoms. The number of aliphatic hydroxyl groups is 1. The minimum absolute atomic E-state index is 0.131. The van der Waals surface area contributed by atoms with Crippen LogP contribution >= 0.6 is 0 Å². The predicted octanol–water partition coefficient (Wildman–Crippen LogP) is 13.4. The second-order valence-electron chi connectivity index (χ2n) is 23.4. The van der Waals surface area contributed by atoms with E-state index >= 15 is 0 Å². The third kappa shape index (κ3) is 19.7. The lowest BCUT2D eigenvalue weighted by molar-refractivity contribution is -0.391. The maximum Gasteiger partial charge on any atom is 0.187 e. The summed E-state index contributed by atoms with van der Waals surface area (Å²) in [5.41, 5.74) is 6.68. The third-order valence-electron chi connectivity index (χ3n) is 16.5. The van der Waals surface area contributed by atoms with E-state index in [-0.39, 0.29) is 46.2 Å². The van der Waals surface area contributed by atoms with Gasteiger partial charge in [0.2, 0.25) is 0 Å². The Morgan fingerprint density at radius 3 is 1.08 bits per heavy atom. The summed E-state index contributed by atoms with van der Waals surface area (Å²) in [5.74, 6) is 0. The Morgan fingerprint density at radius 2 is 0.640 bits per heavy atom. The fourth-order valence-corrected chi connectivity index (χ4v) is 11.7. The highest BCUT2D eigenvalue weighted by molar-refractivity contribution is 5.19. The van der Waals surface area contributed by atoms with E-state index in [1.807, 2.05) is 226 Å². The molecular formula is C75H90O14. The standard InChI is InChI=1S/C75H90O14/c1-4-5-6-7-8-30-45-78-74-71(83-51-61-41-26-14-27-42-61)70(67(81-49-59-37-22-12-23-38-59)63(87-74)53-77-46-56-31-16-9-17-32-56)89-75-72(84-52-62-43-28-15-29-44-62)69(66(55(3)86-75)80-48-58-35-20-11-21-36-58)88-73-64(76)68(82-50-60-39-24-13-25-40-60)65(54(2)85-73)79-47-57-33-18-10-19-34-57/h9-29,31-44,54-55,63-76H,4-8,30,45-53H2,1-3H3/t54-,55-,63+,64+,65-,66-,67-,68-,69+,70-,71+,72+,73-,74+,75-/m0/s1. The van der Waals surface area contributed by atoms with Crippen molar-refractivity contribution in [2.24, 2.45) is 0 Å². The number of benzene rings is 7. The zero-order valence-corrected chi connectivity index (χ0v) is 51.7. The van der Waals surface area contributed by atoms with Crippen LogP contribution in [-0.2, 0) is 108 Å². The zero-order valence-electron chi connectivity index (χ0n) is 51.7. The van der Waals surface area contributed by atoms with Crippen LogP contribution in [0.3, 0.4) is 0 Å². The number of ether oxygens (including phenoxy) is 13. The summed E-state index contributed by atoms with van der Waals surface area (Å²) in [4.78, 5) is 0. The maximum atomic E-state index is 12.9. The van der Waals surface area contributed by atoms with Gasteiger partial charge in [0.25, 0.3) is 0 Å². The van der Waals surface area contributed by atoms with Gasteiger partial charge in [-0.05, 0) is 59.2 Å². The molecule has 3 heterocycles. The Morgan fingerprint density at radius 1 is 0.315 bits per heavy atom. The summed E-state index contributed by atoms with van der Waals surface area (Å²) in [7, 11) is 0. The second-order valence-corrected chi connectivity index (χ2v) is 23.4. The van der Waals surface area contributed by atoms with Crippen molar-refractivity contribution in [3.63, 3.8) is 0 Å². The van der Waals surface area contributed by atoms with Crippen LogP contribution in [0.5, 0.6) is 0 Å². The number of unbranched alkanes of at least 4 members (excludes halogenated alkanes) is 5. The first-order chi connectivity index (χ1) is 43.9. The zero-order chi connectivity index (χ0) is 61.2. The van der Waals surface area contributed by atoms with Gasteiger partial charge in [0.1, 0.15) is 61.0 Å². The summed E-state index contributed by atoms with van der Waals surface area (Å²) >= 11 is 0. The molecule has 3 fully saturated rings. The number of aliphatic hydroxyl groups excluding tert-OH is 1. The molecule has 3 aliphatic heterocycles. The molecule has 89 heavy (non-hydrogen) atoms. The topological polar surface area (TPSA) is 140 Å². The second kappa shape index (κ2) is 35.5. The van der Waals surface area contributed by atoms with Crippen molar-refractivity contribution >= 4 is 0 Å². The fourth-order valence-electron chi connectivity index (χ4n) is 11.7. The predicted molar refractivity (Wildman–Crippen MR) is 339 cm³/mol. The van der Waals surface area contributed by atoms with E-state index in [9.17, 15) is 5.11 Å². The largest absolute Gasteiger partial charge is 0.385 e. The SMILES string of the molecule is CCCCCCCCO[C@@H]1O[C@H](COCc2ccccc2)[C@H](OCc2ccccc2)[C@H](O[C@@H]2O[C@@H](C)[C@H](OCc3ccccc3)[C@@H](O[C@@H]3O[C@@H](C)[C@H](OCc4ccccc4)[C@@H](OCc4ccccc4)[C@H]3O)[C@H]2OCc2ccccc2)[C@H]1OCc1ccccc1. The first kappa shape index (κ1) is 65.9. The van der Waals surface area contributed by atoms with Gasteiger partial charge < -0.3 is 66.7 Å². The van der Waals surface area contributed by atoms with Crippen LogP contribution in [0.25, 0.3) is 0 Å². The Labute approximate surface area is 526 Å². The number of hydrogen-bond donors (Lipinski definition) is 1. The molecule has 1 N–H and O–H groups in total. The van der Waals surface area contributed by atoms with E-state index < -0.39 is 92.1 Å². The molecule has 7 aromatic rings. The first-order valence-electron chi connectivity index (χ1n) is 32.0. The molecule has 3 aliphatic rings. The molecule has 3 saturated heterocycles. The van der Waals surface area contributed by atoms with Crippen molar-refractivity contribution in [2.75, 3.05) is 13.2 Å². The Balaban J connectivity index is 1.03. The normalized spacial score (nSPS) is 27.1. The van der Waals surface area contributed by atoms with Crippen molar-refractivity contribution in [3.05, 3.63) is 251 Å². The molecule has 0 radical (unpaired) electrons. The van der Waals surface area contributed by atoms with Crippen molar-refractivity contribution in [2.45, 2.75) is 198 Å². The van der Waals surface area contributed by atoms with Crippen molar-refractivity contribution < 1.29 is 66.7 Å². The summed E-state index contributed by atoms with van der Waals surface area (Å²) in [6.45, 7) is 8.23. The van der Waals surface area contributed by atoms with Crippen molar-refractivity contribution in [1.82, 2.24) is 0 Å². The molecule has 10 rings (SSSR count). The van der Waals surface area contributed by atoms with E-state index in [0.717, 1.165) is 64.6 Å². The Kier molecular flexibility index (Phi) is 26.3. The van der Waals surface area contributed by atoms with Gasteiger partial charge in [0.05, 0.1) is 65.1 Å². The Bertz CT molecular complexity index is 2990. The molecule has 0 aliphatic carbocycles. The number of rotatable bonds is 34. The van der Waals surface area contributed by atoms with Crippen LogP contribution in [-0.4, -0.2) is 110 Å². The van der Waals surface area contributed by atoms with Gasteiger partial charge >= 0.3 is 0 Å². The van der Waals surface area contributed by atoms with Crippen LogP contribution in [0.1, 0.15) is 98.2 Å². The molecule has 0 saturated carbocycles. The van der Waals surface area contributed by atoms with E-state index in [1.165, 1.54) is 12.8 Å². The van der Waals surface area contributed by atoms with Gasteiger partial charge in [-0.15, -0.1) is 0 Å². The smallest absolute Gasteiger partial charge is 0.187 e. The lowest BCUT2D eigenvalue weighted by Crippen LogP contribution is -2.67. The molecule has 474 valence electrons. The molecule has 0 aromatic heterocycles. The first-order valence-corrected chi connectivity index (χ1v) is 32.0. The van der Waals surface area contributed by atoms with Gasteiger partial charge in [-0.25, -0.2) is 0 Å². The maximum absolute atomic E-state index is 12.9. The quantitative estimate of drug-likeness (QED) is 0.0383. The van der Waals surface area contributed by atoms with E-state index in [2.05, 4.69) is 6.92 Å². The molecule has 7 aromatic carbocycles. The van der Waals surface area contributed by atoms with Crippen molar-refractivity contribution in [3.8, 4) is 0 Å². The van der Waals surface area contributed by atoms with Crippen LogP contribution in [0, 0.1) is 0 Å². The summed E-state index contributed by atoms with van der Waals surface area (Å²) < 4.78 is 91.5. The van der Waals surface area contributed by atoms with E-state index in [4.69, 9.17) is 61.6 Å². The van der Waals surface area contributed by atoms with Gasteiger partial charge in [0.15, 0.2) is 18.9 Å². The molecule has 0 amide bonds. The van der Waals surface area contributed by atoms with Gasteiger partial charge in [-0.3, -0.25) is 0 Å². The lowest BCUT2D eigenvalue weighted by Gasteiger charge is -2.51. The highest BCUT2D eigenvalue weighted by Gasteiger charge is 2.56. The monoisotopic (exact) mass is 1210 g/mol. The van der Waals surface area contributed by atoms with Gasteiger partial charge in [-0.2, -0.15) is 0 Å². The van der Waals surface area contributed by atoms with Crippen molar-refractivity contribution in [1.29, 1.82) is 0 Å². The summed E-state index contributed by atoms with van der Waals surface area (Å²) in [6.07, 6.45) is -7.47. The summed E-state index contributed by atoms with van der Waals surface area (Å²) in [5, 5.41) is 12.9. The fraction of sp³-hybridized carbons (Fsp3) is 0.440. The lowest BCUT2D eigenvalue weighted by atomic mass is 9.95. The van der Waals surface area contributed by atoms with E-state index in [1.54, 1.807) is 0 Å². The highest BCUT2D eigenvalue weighted by atomic mass is 16.8.